The van der Waals surface area contributed by atoms with E-state index in [2.05, 4.69) is 52.5 Å². The van der Waals surface area contributed by atoms with Crippen LogP contribution in [0.15, 0.2) is 54.9 Å². The van der Waals surface area contributed by atoms with Gasteiger partial charge in [0.2, 0.25) is 11.8 Å². The van der Waals surface area contributed by atoms with E-state index >= 15 is 0 Å². The summed E-state index contributed by atoms with van der Waals surface area (Å²) in [4.78, 5) is 22.2. The van der Waals surface area contributed by atoms with E-state index in [0.29, 0.717) is 12.5 Å². The van der Waals surface area contributed by atoms with Gasteiger partial charge >= 0.3 is 0 Å². The van der Waals surface area contributed by atoms with Gasteiger partial charge in [-0.15, -0.1) is 11.3 Å². The lowest BCUT2D eigenvalue weighted by molar-refractivity contribution is 0.331. The predicted molar refractivity (Wildman–Crippen MR) is 142 cm³/mol. The van der Waals surface area contributed by atoms with Crippen molar-refractivity contribution in [2.75, 3.05) is 37.7 Å². The van der Waals surface area contributed by atoms with Gasteiger partial charge in [0.15, 0.2) is 0 Å². The first-order chi connectivity index (χ1) is 17.2. The first-order valence-electron chi connectivity index (χ1n) is 11.9. The monoisotopic (exact) mass is 482 g/mol. The summed E-state index contributed by atoms with van der Waals surface area (Å²) in [6.45, 7) is 8.31. The number of rotatable bonds is 5. The molecule has 4 aromatic heterocycles. The van der Waals surface area contributed by atoms with Gasteiger partial charge in [-0.1, -0.05) is 24.3 Å². The fourth-order valence-electron chi connectivity index (χ4n) is 4.55. The van der Waals surface area contributed by atoms with Crippen LogP contribution in [0.5, 0.6) is 5.88 Å². The molecule has 0 saturated carbocycles. The van der Waals surface area contributed by atoms with E-state index in [-0.39, 0.29) is 0 Å². The maximum atomic E-state index is 5.97. The molecule has 1 saturated heterocycles. The zero-order valence-electron chi connectivity index (χ0n) is 19.8. The summed E-state index contributed by atoms with van der Waals surface area (Å²) in [7, 11) is 0. The minimum atomic E-state index is 0.558. The summed E-state index contributed by atoms with van der Waals surface area (Å²) in [6, 6.07) is 14.7. The van der Waals surface area contributed by atoms with Crippen molar-refractivity contribution in [2.45, 2.75) is 13.8 Å². The molecule has 0 spiro atoms. The van der Waals surface area contributed by atoms with Gasteiger partial charge in [-0.25, -0.2) is 9.97 Å². The summed E-state index contributed by atoms with van der Waals surface area (Å²) in [5.74, 6) is 1.38. The lowest BCUT2D eigenvalue weighted by Crippen LogP contribution is -2.44. The quantitative estimate of drug-likeness (QED) is 0.374. The second kappa shape index (κ2) is 9.20. The Hall–Kier alpha value is -3.62. The summed E-state index contributed by atoms with van der Waals surface area (Å²) >= 11 is 1.61. The topological polar surface area (TPSA) is 76.1 Å². The second-order valence-corrected chi connectivity index (χ2v) is 9.60. The van der Waals surface area contributed by atoms with Crippen molar-refractivity contribution in [1.82, 2.24) is 25.3 Å². The normalized spacial score (nSPS) is 14.1. The van der Waals surface area contributed by atoms with Gasteiger partial charge in [0.1, 0.15) is 15.0 Å². The number of pyridine rings is 2. The molecule has 5 heterocycles. The molecule has 8 heteroatoms. The zero-order chi connectivity index (χ0) is 23.8. The first-order valence-corrected chi connectivity index (χ1v) is 12.7. The zero-order valence-corrected chi connectivity index (χ0v) is 20.6. The third-order valence-corrected chi connectivity index (χ3v) is 7.38. The summed E-state index contributed by atoms with van der Waals surface area (Å²) in [5, 5.41) is 4.48. The van der Waals surface area contributed by atoms with E-state index in [4.69, 9.17) is 19.7 Å². The van der Waals surface area contributed by atoms with Gasteiger partial charge < -0.3 is 15.0 Å². The minimum absolute atomic E-state index is 0.558. The highest BCUT2D eigenvalue weighted by Gasteiger charge is 2.21. The number of hydrogen-bond donors (Lipinski definition) is 1. The van der Waals surface area contributed by atoms with Gasteiger partial charge in [-0.2, -0.15) is 4.98 Å². The molecule has 0 radical (unpaired) electrons. The maximum absolute atomic E-state index is 5.97. The van der Waals surface area contributed by atoms with Crippen LogP contribution >= 0.6 is 11.3 Å². The molecule has 1 aromatic carbocycles. The average molecular weight is 483 g/mol. The lowest BCUT2D eigenvalue weighted by Gasteiger charge is -2.27. The van der Waals surface area contributed by atoms with Crippen LogP contribution in [0.4, 0.5) is 5.95 Å². The fraction of sp³-hybridized carbons (Fsp3) is 0.259. The summed E-state index contributed by atoms with van der Waals surface area (Å²) < 4.78 is 6.93. The minimum Gasteiger partial charge on any atom is -0.477 e. The molecule has 1 fully saturated rings. The maximum Gasteiger partial charge on any atom is 0.236 e. The van der Waals surface area contributed by atoms with Crippen LogP contribution in [0.2, 0.25) is 0 Å². The SMILES string of the molecule is CCOc1nc(N2CCNCC2)nc2c1sc1nc(-c3ccc(-c4ccncc4)cc3)cc(C)c12. The number of benzene rings is 1. The Bertz CT molecular complexity index is 1490. The fourth-order valence-corrected chi connectivity index (χ4v) is 5.68. The Morgan fingerprint density at radius 3 is 2.40 bits per heavy atom. The summed E-state index contributed by atoms with van der Waals surface area (Å²) in [5.41, 5.74) is 6.44. The molecule has 0 atom stereocenters. The highest BCUT2D eigenvalue weighted by atomic mass is 32.1. The van der Waals surface area contributed by atoms with Crippen LogP contribution in [0.25, 0.3) is 42.8 Å². The number of nitrogens with one attached hydrogen (secondary N) is 1. The molecule has 35 heavy (non-hydrogen) atoms. The number of piperazine rings is 1. The average Bonchev–Trinajstić information content (AvgIpc) is 3.29. The van der Waals surface area contributed by atoms with Crippen LogP contribution in [0, 0.1) is 6.92 Å². The number of nitrogens with zero attached hydrogens (tertiary/aromatic N) is 5. The number of anilines is 1. The molecule has 0 amide bonds. The van der Waals surface area contributed by atoms with Crippen LogP contribution in [0.3, 0.4) is 0 Å². The molecular formula is C27H26N6OS. The molecule has 1 aliphatic rings. The van der Waals surface area contributed by atoms with E-state index in [0.717, 1.165) is 80.5 Å². The molecule has 1 N–H and O–H groups in total. The van der Waals surface area contributed by atoms with Crippen LogP contribution in [-0.4, -0.2) is 52.7 Å². The third-order valence-electron chi connectivity index (χ3n) is 6.32. The molecular weight excluding hydrogens is 456 g/mol. The number of fused-ring (bicyclic) bond motifs is 3. The highest BCUT2D eigenvalue weighted by molar-refractivity contribution is 7.25. The number of aryl methyl sites for hydroxylation is 1. The number of aromatic nitrogens is 4. The van der Waals surface area contributed by atoms with Crippen LogP contribution in [0.1, 0.15) is 12.5 Å². The van der Waals surface area contributed by atoms with E-state index in [1.165, 1.54) is 0 Å². The Morgan fingerprint density at radius 2 is 1.66 bits per heavy atom. The van der Waals surface area contributed by atoms with Crippen molar-refractivity contribution in [2.24, 2.45) is 0 Å². The Labute approximate surface area is 207 Å². The Morgan fingerprint density at radius 1 is 0.943 bits per heavy atom. The van der Waals surface area contributed by atoms with E-state index in [1.807, 2.05) is 31.5 Å². The molecule has 5 aromatic rings. The Balaban J connectivity index is 1.44. The van der Waals surface area contributed by atoms with Gasteiger partial charge in [0, 0.05) is 49.5 Å². The number of thiophene rings is 1. The van der Waals surface area contributed by atoms with Gasteiger partial charge in [0.25, 0.3) is 0 Å². The molecule has 0 unspecified atom stereocenters. The van der Waals surface area contributed by atoms with Crippen molar-refractivity contribution in [1.29, 1.82) is 0 Å². The second-order valence-electron chi connectivity index (χ2n) is 8.60. The Kier molecular flexibility index (Phi) is 5.75. The van der Waals surface area contributed by atoms with Crippen LogP contribution < -0.4 is 15.0 Å². The van der Waals surface area contributed by atoms with E-state index in [1.54, 1.807) is 11.3 Å². The van der Waals surface area contributed by atoms with Crippen molar-refractivity contribution in [3.63, 3.8) is 0 Å². The summed E-state index contributed by atoms with van der Waals surface area (Å²) in [6.07, 6.45) is 3.63. The predicted octanol–water partition coefficient (Wildman–Crippen LogP) is 5.09. The van der Waals surface area contributed by atoms with E-state index < -0.39 is 0 Å². The van der Waals surface area contributed by atoms with Crippen molar-refractivity contribution in [3.05, 3.63) is 60.4 Å². The molecule has 6 rings (SSSR count). The van der Waals surface area contributed by atoms with Gasteiger partial charge in [-0.05, 0) is 48.7 Å². The molecule has 0 bridgehead atoms. The number of hydrogen-bond acceptors (Lipinski definition) is 8. The largest absolute Gasteiger partial charge is 0.477 e. The van der Waals surface area contributed by atoms with Gasteiger partial charge in [-0.3, -0.25) is 4.98 Å². The lowest BCUT2D eigenvalue weighted by atomic mass is 10.0. The molecule has 7 nitrogen and oxygen atoms in total. The molecule has 1 aliphatic heterocycles. The number of ether oxygens (including phenoxy) is 1. The van der Waals surface area contributed by atoms with Crippen molar-refractivity contribution < 1.29 is 4.74 Å². The molecule has 176 valence electrons. The van der Waals surface area contributed by atoms with Gasteiger partial charge in [0.05, 0.1) is 12.3 Å². The van der Waals surface area contributed by atoms with E-state index in [9.17, 15) is 0 Å². The van der Waals surface area contributed by atoms with Crippen molar-refractivity contribution >= 4 is 37.7 Å². The van der Waals surface area contributed by atoms with Crippen molar-refractivity contribution in [3.8, 4) is 28.3 Å². The molecule has 0 aliphatic carbocycles. The van der Waals surface area contributed by atoms with Crippen LogP contribution in [-0.2, 0) is 0 Å². The standard InChI is InChI=1S/C27H26N6OS/c1-3-34-25-24-23(31-27(32-25)33-14-12-29-13-15-33)22-17(2)16-21(30-26(22)35-24)20-6-4-18(5-7-20)19-8-10-28-11-9-19/h4-11,16,29H,3,12-15H2,1-2H3. The highest BCUT2D eigenvalue weighted by Crippen LogP contribution is 2.40. The smallest absolute Gasteiger partial charge is 0.236 e. The third kappa shape index (κ3) is 4.09. The first kappa shape index (κ1) is 21.9.